The standard InChI is InChI=1S/C10H13NO4/c1-7-4-5-9(15-6-14-3)8(2)10(7)11(12)13/h4-5H,6H2,1-3H3. The van der Waals surface area contributed by atoms with Gasteiger partial charge in [0.05, 0.1) is 10.5 Å². The van der Waals surface area contributed by atoms with E-state index in [1.54, 1.807) is 26.0 Å². The van der Waals surface area contributed by atoms with E-state index in [0.29, 0.717) is 16.9 Å². The summed E-state index contributed by atoms with van der Waals surface area (Å²) in [5.74, 6) is 0.481. The topological polar surface area (TPSA) is 61.6 Å². The highest BCUT2D eigenvalue weighted by molar-refractivity contribution is 5.53. The fourth-order valence-electron chi connectivity index (χ4n) is 1.38. The Morgan fingerprint density at radius 1 is 1.40 bits per heavy atom. The Kier molecular flexibility index (Phi) is 3.62. The summed E-state index contributed by atoms with van der Waals surface area (Å²) < 4.78 is 9.94. The molecule has 0 aliphatic heterocycles. The number of ether oxygens (including phenoxy) is 2. The van der Waals surface area contributed by atoms with Crippen molar-refractivity contribution in [3.05, 3.63) is 33.4 Å². The lowest BCUT2D eigenvalue weighted by Crippen LogP contribution is -2.03. The van der Waals surface area contributed by atoms with E-state index >= 15 is 0 Å². The highest BCUT2D eigenvalue weighted by atomic mass is 16.7. The maximum Gasteiger partial charge on any atom is 0.278 e. The van der Waals surface area contributed by atoms with Gasteiger partial charge < -0.3 is 9.47 Å². The van der Waals surface area contributed by atoms with Crippen LogP contribution in [-0.2, 0) is 4.74 Å². The zero-order valence-corrected chi connectivity index (χ0v) is 8.94. The molecule has 0 aromatic heterocycles. The number of rotatable bonds is 4. The van der Waals surface area contributed by atoms with Gasteiger partial charge in [-0.3, -0.25) is 10.1 Å². The summed E-state index contributed by atoms with van der Waals surface area (Å²) in [6.45, 7) is 3.45. The van der Waals surface area contributed by atoms with Gasteiger partial charge in [0, 0.05) is 12.7 Å². The van der Waals surface area contributed by atoms with Crippen LogP contribution in [-0.4, -0.2) is 18.8 Å². The van der Waals surface area contributed by atoms with Crippen molar-refractivity contribution in [3.63, 3.8) is 0 Å². The molecule has 0 heterocycles. The van der Waals surface area contributed by atoms with Gasteiger partial charge in [0.1, 0.15) is 5.75 Å². The van der Waals surface area contributed by atoms with E-state index < -0.39 is 4.92 Å². The summed E-state index contributed by atoms with van der Waals surface area (Å²) in [6.07, 6.45) is 0. The van der Waals surface area contributed by atoms with Crippen molar-refractivity contribution in [2.45, 2.75) is 13.8 Å². The van der Waals surface area contributed by atoms with Gasteiger partial charge in [0.2, 0.25) is 0 Å². The van der Waals surface area contributed by atoms with Crippen molar-refractivity contribution in [1.29, 1.82) is 0 Å². The first-order chi connectivity index (χ1) is 7.07. The number of nitro groups is 1. The van der Waals surface area contributed by atoms with E-state index in [-0.39, 0.29) is 12.5 Å². The van der Waals surface area contributed by atoms with E-state index in [2.05, 4.69) is 0 Å². The van der Waals surface area contributed by atoms with E-state index in [4.69, 9.17) is 9.47 Å². The van der Waals surface area contributed by atoms with Crippen molar-refractivity contribution >= 4 is 5.69 Å². The molecule has 0 amide bonds. The number of nitro benzene ring substituents is 1. The first-order valence-electron chi connectivity index (χ1n) is 4.44. The van der Waals surface area contributed by atoms with Crippen LogP contribution in [0.3, 0.4) is 0 Å². The van der Waals surface area contributed by atoms with Crippen molar-refractivity contribution in [3.8, 4) is 5.75 Å². The molecule has 5 nitrogen and oxygen atoms in total. The second-order valence-electron chi connectivity index (χ2n) is 3.16. The molecule has 0 saturated heterocycles. The Morgan fingerprint density at radius 3 is 2.60 bits per heavy atom. The molecule has 0 bridgehead atoms. The van der Waals surface area contributed by atoms with Gasteiger partial charge in [-0.1, -0.05) is 0 Å². The smallest absolute Gasteiger partial charge is 0.278 e. The molecule has 0 fully saturated rings. The zero-order chi connectivity index (χ0) is 11.4. The molecule has 15 heavy (non-hydrogen) atoms. The van der Waals surface area contributed by atoms with Crippen LogP contribution in [0.25, 0.3) is 0 Å². The number of nitrogens with zero attached hydrogens (tertiary/aromatic N) is 1. The second-order valence-corrected chi connectivity index (χ2v) is 3.16. The Morgan fingerprint density at radius 2 is 2.07 bits per heavy atom. The molecule has 5 heteroatoms. The van der Waals surface area contributed by atoms with Crippen LogP contribution in [0.5, 0.6) is 5.75 Å². The fraction of sp³-hybridized carbons (Fsp3) is 0.400. The predicted octanol–water partition coefficient (Wildman–Crippen LogP) is 2.19. The SMILES string of the molecule is COCOc1ccc(C)c([N+](=O)[O-])c1C. The molecular formula is C10H13NO4. The molecule has 0 aliphatic carbocycles. The van der Waals surface area contributed by atoms with Crippen LogP contribution >= 0.6 is 0 Å². The average molecular weight is 211 g/mol. The minimum absolute atomic E-state index is 0.0844. The molecule has 0 N–H and O–H groups in total. The van der Waals surface area contributed by atoms with Crippen LogP contribution < -0.4 is 4.74 Å². The fourth-order valence-corrected chi connectivity index (χ4v) is 1.38. The second kappa shape index (κ2) is 4.75. The number of hydrogen-bond acceptors (Lipinski definition) is 4. The lowest BCUT2D eigenvalue weighted by atomic mass is 10.1. The summed E-state index contributed by atoms with van der Waals surface area (Å²) >= 11 is 0. The Balaban J connectivity index is 3.11. The van der Waals surface area contributed by atoms with E-state index in [9.17, 15) is 10.1 Å². The van der Waals surface area contributed by atoms with Crippen molar-refractivity contribution < 1.29 is 14.4 Å². The number of benzene rings is 1. The first kappa shape index (κ1) is 11.5. The molecule has 0 aliphatic rings. The molecule has 0 spiro atoms. The summed E-state index contributed by atoms with van der Waals surface area (Å²) in [7, 11) is 1.50. The lowest BCUT2D eigenvalue weighted by Gasteiger charge is -2.09. The van der Waals surface area contributed by atoms with Crippen LogP contribution in [0.15, 0.2) is 12.1 Å². The number of hydrogen-bond donors (Lipinski definition) is 0. The Hall–Kier alpha value is -1.62. The van der Waals surface area contributed by atoms with Gasteiger partial charge >= 0.3 is 0 Å². The molecule has 1 aromatic carbocycles. The first-order valence-corrected chi connectivity index (χ1v) is 4.44. The largest absolute Gasteiger partial charge is 0.467 e. The maximum atomic E-state index is 10.8. The monoisotopic (exact) mass is 211 g/mol. The third-order valence-corrected chi connectivity index (χ3v) is 2.10. The summed E-state index contributed by atoms with van der Waals surface area (Å²) in [5.41, 5.74) is 1.25. The van der Waals surface area contributed by atoms with Crippen LogP contribution in [0, 0.1) is 24.0 Å². The van der Waals surface area contributed by atoms with Crippen molar-refractivity contribution in [2.75, 3.05) is 13.9 Å². The highest BCUT2D eigenvalue weighted by Crippen LogP contribution is 2.30. The molecule has 0 saturated carbocycles. The van der Waals surface area contributed by atoms with Gasteiger partial charge in [0.25, 0.3) is 5.69 Å². The van der Waals surface area contributed by atoms with Gasteiger partial charge in [-0.2, -0.15) is 0 Å². The molecule has 0 atom stereocenters. The quantitative estimate of drug-likeness (QED) is 0.435. The minimum atomic E-state index is -0.398. The van der Waals surface area contributed by atoms with Gasteiger partial charge in [0.15, 0.2) is 6.79 Å². The summed E-state index contributed by atoms with van der Waals surface area (Å²) in [6, 6.07) is 3.37. The third-order valence-electron chi connectivity index (χ3n) is 2.10. The molecule has 82 valence electrons. The van der Waals surface area contributed by atoms with E-state index in [1.165, 1.54) is 7.11 Å². The Bertz CT molecular complexity index is 376. The van der Waals surface area contributed by atoms with Crippen LogP contribution in [0.1, 0.15) is 11.1 Å². The average Bonchev–Trinajstić information content (AvgIpc) is 2.16. The number of aryl methyl sites for hydroxylation is 1. The number of methoxy groups -OCH3 is 1. The summed E-state index contributed by atoms with van der Waals surface area (Å²) in [4.78, 5) is 10.4. The normalized spacial score (nSPS) is 10.1. The van der Waals surface area contributed by atoms with Crippen molar-refractivity contribution in [1.82, 2.24) is 0 Å². The zero-order valence-electron chi connectivity index (χ0n) is 8.94. The lowest BCUT2D eigenvalue weighted by molar-refractivity contribution is -0.386. The highest BCUT2D eigenvalue weighted by Gasteiger charge is 2.18. The summed E-state index contributed by atoms with van der Waals surface area (Å²) in [5, 5.41) is 10.8. The van der Waals surface area contributed by atoms with Gasteiger partial charge in [-0.05, 0) is 26.0 Å². The van der Waals surface area contributed by atoms with E-state index in [1.807, 2.05) is 0 Å². The van der Waals surface area contributed by atoms with Crippen molar-refractivity contribution in [2.24, 2.45) is 0 Å². The Labute approximate surface area is 87.8 Å². The van der Waals surface area contributed by atoms with Gasteiger partial charge in [-0.25, -0.2) is 0 Å². The minimum Gasteiger partial charge on any atom is -0.467 e. The maximum absolute atomic E-state index is 10.8. The molecule has 0 radical (unpaired) electrons. The molecule has 0 unspecified atom stereocenters. The third kappa shape index (κ3) is 2.44. The van der Waals surface area contributed by atoms with Gasteiger partial charge in [-0.15, -0.1) is 0 Å². The molecule has 1 rings (SSSR count). The molecule has 1 aromatic rings. The van der Waals surface area contributed by atoms with Crippen LogP contribution in [0.4, 0.5) is 5.69 Å². The predicted molar refractivity (Wildman–Crippen MR) is 55.1 cm³/mol. The van der Waals surface area contributed by atoms with Crippen LogP contribution in [0.2, 0.25) is 0 Å². The molecular weight excluding hydrogens is 198 g/mol. The van der Waals surface area contributed by atoms with E-state index in [0.717, 1.165) is 0 Å².